The predicted molar refractivity (Wildman–Crippen MR) is 83.5 cm³/mol. The Morgan fingerprint density at radius 1 is 1.21 bits per heavy atom. The highest BCUT2D eigenvalue weighted by atomic mass is 35.5. The van der Waals surface area contributed by atoms with Crippen molar-refractivity contribution in [2.45, 2.75) is 46.1 Å². The molecule has 1 atom stereocenters. The smallest absolute Gasteiger partial charge is 0.125 e. The van der Waals surface area contributed by atoms with Gasteiger partial charge in [0.05, 0.1) is 0 Å². The van der Waals surface area contributed by atoms with Gasteiger partial charge in [-0.1, -0.05) is 31.5 Å². The average molecular weight is 284 g/mol. The normalized spacial score (nSPS) is 19.8. The van der Waals surface area contributed by atoms with Crippen molar-refractivity contribution >= 4 is 12.4 Å². The maximum absolute atomic E-state index is 6.10. The molecule has 1 saturated heterocycles. The SMILES string of the molecule is CCN1CCCCC1COc1c(C)cccc1C.Cl. The molecule has 0 aromatic heterocycles. The fourth-order valence-corrected chi connectivity index (χ4v) is 2.87. The molecule has 2 nitrogen and oxygen atoms in total. The third kappa shape index (κ3) is 4.12. The second-order valence-electron chi connectivity index (χ2n) is 5.31. The lowest BCUT2D eigenvalue weighted by Crippen LogP contribution is -2.42. The number of para-hydroxylation sites is 1. The van der Waals surface area contributed by atoms with Crippen LogP contribution in [0.5, 0.6) is 5.75 Å². The number of likely N-dealkylation sites (N-methyl/N-ethyl adjacent to an activating group) is 1. The maximum Gasteiger partial charge on any atom is 0.125 e. The minimum Gasteiger partial charge on any atom is -0.491 e. The summed E-state index contributed by atoms with van der Waals surface area (Å²) in [5.74, 6) is 1.08. The first kappa shape index (κ1) is 16.3. The lowest BCUT2D eigenvalue weighted by Gasteiger charge is -2.34. The molecule has 0 saturated carbocycles. The zero-order valence-corrected chi connectivity index (χ0v) is 13.1. The number of aryl methyl sites for hydroxylation is 2. The lowest BCUT2D eigenvalue weighted by molar-refractivity contribution is 0.105. The van der Waals surface area contributed by atoms with E-state index in [2.05, 4.69) is 43.9 Å². The summed E-state index contributed by atoms with van der Waals surface area (Å²) in [6.45, 7) is 9.70. The van der Waals surface area contributed by atoms with Gasteiger partial charge in [-0.05, 0) is 50.9 Å². The van der Waals surface area contributed by atoms with E-state index in [0.717, 1.165) is 18.9 Å². The first-order valence-electron chi connectivity index (χ1n) is 7.15. The number of benzene rings is 1. The minimum atomic E-state index is 0. The zero-order valence-electron chi connectivity index (χ0n) is 12.3. The monoisotopic (exact) mass is 283 g/mol. The summed E-state index contributed by atoms with van der Waals surface area (Å²) >= 11 is 0. The van der Waals surface area contributed by atoms with Crippen LogP contribution >= 0.6 is 12.4 Å². The maximum atomic E-state index is 6.10. The highest BCUT2D eigenvalue weighted by Gasteiger charge is 2.21. The summed E-state index contributed by atoms with van der Waals surface area (Å²) in [4.78, 5) is 2.55. The van der Waals surface area contributed by atoms with Gasteiger partial charge in [0.15, 0.2) is 0 Å². The molecule has 0 radical (unpaired) electrons. The van der Waals surface area contributed by atoms with Crippen LogP contribution in [0.4, 0.5) is 0 Å². The summed E-state index contributed by atoms with van der Waals surface area (Å²) in [5.41, 5.74) is 2.49. The molecule has 108 valence electrons. The van der Waals surface area contributed by atoms with Crippen LogP contribution in [0, 0.1) is 13.8 Å². The molecule has 1 fully saturated rings. The molecule has 0 bridgehead atoms. The predicted octanol–water partition coefficient (Wildman–Crippen LogP) is 3.98. The number of halogens is 1. The number of likely N-dealkylation sites (tertiary alicyclic amines) is 1. The van der Waals surface area contributed by atoms with Crippen LogP contribution in [0.1, 0.15) is 37.3 Å². The van der Waals surface area contributed by atoms with Crippen LogP contribution in [0.15, 0.2) is 18.2 Å². The first-order chi connectivity index (χ1) is 8.72. The number of hydrogen-bond acceptors (Lipinski definition) is 2. The van der Waals surface area contributed by atoms with E-state index in [0.29, 0.717) is 6.04 Å². The van der Waals surface area contributed by atoms with Crippen LogP contribution in [0.25, 0.3) is 0 Å². The van der Waals surface area contributed by atoms with Crippen LogP contribution in [-0.2, 0) is 0 Å². The topological polar surface area (TPSA) is 12.5 Å². The van der Waals surface area contributed by atoms with E-state index < -0.39 is 0 Å². The Hall–Kier alpha value is -0.730. The third-order valence-electron chi connectivity index (χ3n) is 3.98. The fraction of sp³-hybridized carbons (Fsp3) is 0.625. The van der Waals surface area contributed by atoms with Crippen LogP contribution in [0.3, 0.4) is 0 Å². The Balaban J connectivity index is 0.00000180. The molecule has 1 unspecified atom stereocenters. The van der Waals surface area contributed by atoms with Crippen molar-refractivity contribution in [1.29, 1.82) is 0 Å². The molecule has 0 spiro atoms. The molecule has 1 aromatic rings. The van der Waals surface area contributed by atoms with Crippen molar-refractivity contribution in [1.82, 2.24) is 4.90 Å². The third-order valence-corrected chi connectivity index (χ3v) is 3.98. The Kier molecular flexibility index (Phi) is 6.67. The van der Waals surface area contributed by atoms with Gasteiger partial charge in [-0.3, -0.25) is 4.90 Å². The summed E-state index contributed by atoms with van der Waals surface area (Å²) in [6.07, 6.45) is 3.96. The molecule has 0 N–H and O–H groups in total. The van der Waals surface area contributed by atoms with E-state index in [1.807, 2.05) is 0 Å². The molecular formula is C16H26ClNO. The van der Waals surface area contributed by atoms with Crippen molar-refractivity contribution in [2.24, 2.45) is 0 Å². The van der Waals surface area contributed by atoms with Crippen molar-refractivity contribution in [3.63, 3.8) is 0 Å². The van der Waals surface area contributed by atoms with E-state index in [-0.39, 0.29) is 12.4 Å². The summed E-state index contributed by atoms with van der Waals surface area (Å²) in [7, 11) is 0. The van der Waals surface area contributed by atoms with Gasteiger partial charge in [0.2, 0.25) is 0 Å². The number of ether oxygens (including phenoxy) is 1. The highest BCUT2D eigenvalue weighted by molar-refractivity contribution is 5.85. The van der Waals surface area contributed by atoms with Gasteiger partial charge in [0, 0.05) is 6.04 Å². The molecular weight excluding hydrogens is 258 g/mol. The molecule has 1 aliphatic rings. The van der Waals surface area contributed by atoms with Crippen molar-refractivity contribution < 1.29 is 4.74 Å². The van der Waals surface area contributed by atoms with Crippen molar-refractivity contribution in [2.75, 3.05) is 19.7 Å². The Morgan fingerprint density at radius 2 is 1.89 bits per heavy atom. The number of nitrogens with zero attached hydrogens (tertiary/aromatic N) is 1. The fourth-order valence-electron chi connectivity index (χ4n) is 2.87. The second-order valence-corrected chi connectivity index (χ2v) is 5.31. The summed E-state index contributed by atoms with van der Waals surface area (Å²) in [6, 6.07) is 6.95. The van der Waals surface area contributed by atoms with Crippen molar-refractivity contribution in [3.8, 4) is 5.75 Å². The minimum absolute atomic E-state index is 0. The molecule has 1 heterocycles. The molecule has 19 heavy (non-hydrogen) atoms. The molecule has 2 rings (SSSR count). The standard InChI is InChI=1S/C16H25NO.ClH/c1-4-17-11-6-5-10-15(17)12-18-16-13(2)8-7-9-14(16)3;/h7-9,15H,4-6,10-12H2,1-3H3;1H. The van der Waals surface area contributed by atoms with E-state index in [4.69, 9.17) is 4.74 Å². The van der Waals surface area contributed by atoms with Gasteiger partial charge >= 0.3 is 0 Å². The zero-order chi connectivity index (χ0) is 13.0. The first-order valence-corrected chi connectivity index (χ1v) is 7.15. The van der Waals surface area contributed by atoms with Gasteiger partial charge < -0.3 is 4.74 Å². The van der Waals surface area contributed by atoms with Gasteiger partial charge in [-0.15, -0.1) is 12.4 Å². The average Bonchev–Trinajstić information content (AvgIpc) is 2.38. The molecule has 3 heteroatoms. The molecule has 0 amide bonds. The van der Waals surface area contributed by atoms with Crippen LogP contribution in [-0.4, -0.2) is 30.6 Å². The Morgan fingerprint density at radius 3 is 2.53 bits per heavy atom. The quantitative estimate of drug-likeness (QED) is 0.829. The molecule has 1 aromatic carbocycles. The van der Waals surface area contributed by atoms with Gasteiger partial charge in [0.25, 0.3) is 0 Å². The van der Waals surface area contributed by atoms with Gasteiger partial charge in [0.1, 0.15) is 12.4 Å². The van der Waals surface area contributed by atoms with E-state index in [1.165, 1.54) is 36.9 Å². The Labute approximate surface area is 123 Å². The number of hydrogen-bond donors (Lipinski definition) is 0. The largest absolute Gasteiger partial charge is 0.491 e. The summed E-state index contributed by atoms with van der Waals surface area (Å²) in [5, 5.41) is 0. The Bertz CT molecular complexity index is 374. The molecule has 1 aliphatic heterocycles. The van der Waals surface area contributed by atoms with E-state index in [1.54, 1.807) is 0 Å². The van der Waals surface area contributed by atoms with E-state index in [9.17, 15) is 0 Å². The number of piperidine rings is 1. The van der Waals surface area contributed by atoms with Gasteiger partial charge in [-0.2, -0.15) is 0 Å². The van der Waals surface area contributed by atoms with E-state index >= 15 is 0 Å². The molecule has 0 aliphatic carbocycles. The van der Waals surface area contributed by atoms with Crippen LogP contribution < -0.4 is 4.74 Å². The number of rotatable bonds is 4. The summed E-state index contributed by atoms with van der Waals surface area (Å²) < 4.78 is 6.10. The second kappa shape index (κ2) is 7.76. The van der Waals surface area contributed by atoms with Gasteiger partial charge in [-0.25, -0.2) is 0 Å². The van der Waals surface area contributed by atoms with Crippen LogP contribution in [0.2, 0.25) is 0 Å². The van der Waals surface area contributed by atoms with Crippen molar-refractivity contribution in [3.05, 3.63) is 29.3 Å². The highest BCUT2D eigenvalue weighted by Crippen LogP contribution is 2.24. The lowest BCUT2D eigenvalue weighted by atomic mass is 10.0.